The molecule has 1 aromatic carbocycles. The van der Waals surface area contributed by atoms with Crippen molar-refractivity contribution in [1.29, 1.82) is 0 Å². The predicted octanol–water partition coefficient (Wildman–Crippen LogP) is 2.08. The Kier molecular flexibility index (Phi) is 2.65. The van der Waals surface area contributed by atoms with Crippen molar-refractivity contribution in [3.63, 3.8) is 0 Å². The maximum absolute atomic E-state index is 13.3. The van der Waals surface area contributed by atoms with Crippen molar-refractivity contribution >= 4 is 17.4 Å². The third-order valence-electron chi connectivity index (χ3n) is 3.59. The van der Waals surface area contributed by atoms with Crippen LogP contribution in [0, 0.1) is 11.7 Å². The summed E-state index contributed by atoms with van der Waals surface area (Å²) in [6.07, 6.45) is 2.88. The van der Waals surface area contributed by atoms with Gasteiger partial charge in [0.25, 0.3) is 0 Å². The van der Waals surface area contributed by atoms with Gasteiger partial charge in [-0.2, -0.15) is 0 Å². The number of hydrogen-bond acceptors (Lipinski definition) is 2. The number of anilines is 1. The summed E-state index contributed by atoms with van der Waals surface area (Å²) in [5, 5.41) is 0. The quantitative estimate of drug-likeness (QED) is 0.820. The number of hydrogen-bond donors (Lipinski definition) is 0. The molecule has 2 aliphatic rings. The molecule has 0 spiro atoms. The van der Waals surface area contributed by atoms with Crippen LogP contribution in [-0.2, 0) is 16.0 Å². The van der Waals surface area contributed by atoms with Gasteiger partial charge in [0.15, 0.2) is 5.78 Å². The van der Waals surface area contributed by atoms with Gasteiger partial charge in [-0.15, -0.1) is 0 Å². The van der Waals surface area contributed by atoms with Crippen molar-refractivity contribution in [1.82, 2.24) is 0 Å². The Hall–Kier alpha value is -1.71. The number of aryl methyl sites for hydroxylation is 1. The highest BCUT2D eigenvalue weighted by Crippen LogP contribution is 2.33. The van der Waals surface area contributed by atoms with Crippen LogP contribution >= 0.6 is 0 Å². The van der Waals surface area contributed by atoms with E-state index in [0.717, 1.165) is 18.4 Å². The summed E-state index contributed by atoms with van der Waals surface area (Å²) in [5.74, 6) is -0.230. The SMILES string of the molecule is O=C(CN1C(=O)CCc2ccc(F)cc21)C1CC1. The first-order valence-electron chi connectivity index (χ1n) is 6.26. The minimum absolute atomic E-state index is 0.0814. The second kappa shape index (κ2) is 4.19. The van der Waals surface area contributed by atoms with Crippen LogP contribution in [0.15, 0.2) is 18.2 Å². The standard InChI is InChI=1S/C14H14FNO2/c15-11-5-3-9-4-6-14(18)16(12(9)7-11)8-13(17)10-1-2-10/h3,5,7,10H,1-2,4,6,8H2. The third kappa shape index (κ3) is 2.03. The van der Waals surface area contributed by atoms with Crippen LogP contribution in [0.1, 0.15) is 24.8 Å². The minimum atomic E-state index is -0.368. The summed E-state index contributed by atoms with van der Waals surface area (Å²) in [4.78, 5) is 25.2. The Labute approximate surface area is 105 Å². The lowest BCUT2D eigenvalue weighted by atomic mass is 10.0. The second-order valence-corrected chi connectivity index (χ2v) is 4.99. The third-order valence-corrected chi connectivity index (χ3v) is 3.59. The lowest BCUT2D eigenvalue weighted by molar-refractivity contribution is -0.123. The highest BCUT2D eigenvalue weighted by Gasteiger charge is 2.33. The van der Waals surface area contributed by atoms with Crippen LogP contribution in [0.5, 0.6) is 0 Å². The normalized spacial score (nSPS) is 18.7. The molecule has 4 heteroatoms. The molecule has 1 aliphatic carbocycles. The average molecular weight is 247 g/mol. The summed E-state index contributed by atoms with van der Waals surface area (Å²) in [6.45, 7) is 0.0972. The van der Waals surface area contributed by atoms with Gasteiger partial charge >= 0.3 is 0 Å². The number of fused-ring (bicyclic) bond motifs is 1. The monoisotopic (exact) mass is 247 g/mol. The van der Waals surface area contributed by atoms with Crippen molar-refractivity contribution < 1.29 is 14.0 Å². The van der Waals surface area contributed by atoms with E-state index in [-0.39, 0.29) is 30.0 Å². The van der Waals surface area contributed by atoms with Crippen LogP contribution in [0.4, 0.5) is 10.1 Å². The Bertz CT molecular complexity index is 523. The molecule has 1 aromatic rings. The van der Waals surface area contributed by atoms with E-state index in [2.05, 4.69) is 0 Å². The molecule has 1 aliphatic heterocycles. The van der Waals surface area contributed by atoms with Gasteiger partial charge in [-0.05, 0) is 37.0 Å². The van der Waals surface area contributed by atoms with Crippen molar-refractivity contribution in [3.05, 3.63) is 29.6 Å². The topological polar surface area (TPSA) is 37.4 Å². The molecule has 0 aromatic heterocycles. The molecule has 0 bridgehead atoms. The molecule has 1 fully saturated rings. The largest absolute Gasteiger partial charge is 0.305 e. The van der Waals surface area contributed by atoms with Gasteiger partial charge in [-0.3, -0.25) is 9.59 Å². The van der Waals surface area contributed by atoms with E-state index in [1.54, 1.807) is 6.07 Å². The molecular weight excluding hydrogens is 233 g/mol. The van der Waals surface area contributed by atoms with Crippen molar-refractivity contribution in [2.75, 3.05) is 11.4 Å². The van der Waals surface area contributed by atoms with Gasteiger partial charge in [0.2, 0.25) is 5.91 Å². The van der Waals surface area contributed by atoms with Gasteiger partial charge in [-0.1, -0.05) is 6.07 Å². The molecule has 18 heavy (non-hydrogen) atoms. The first-order valence-corrected chi connectivity index (χ1v) is 6.26. The smallest absolute Gasteiger partial charge is 0.227 e. The highest BCUT2D eigenvalue weighted by atomic mass is 19.1. The lowest BCUT2D eigenvalue weighted by Crippen LogP contribution is -2.39. The summed E-state index contributed by atoms with van der Waals surface area (Å²) >= 11 is 0. The molecule has 0 atom stereocenters. The fraction of sp³-hybridized carbons (Fsp3) is 0.429. The molecule has 1 heterocycles. The first kappa shape index (κ1) is 11.4. The maximum atomic E-state index is 13.3. The van der Waals surface area contributed by atoms with Crippen LogP contribution < -0.4 is 4.90 Å². The van der Waals surface area contributed by atoms with Gasteiger partial charge in [0.1, 0.15) is 5.82 Å². The highest BCUT2D eigenvalue weighted by molar-refractivity contribution is 6.02. The zero-order chi connectivity index (χ0) is 12.7. The second-order valence-electron chi connectivity index (χ2n) is 4.99. The molecule has 0 saturated heterocycles. The van der Waals surface area contributed by atoms with Gasteiger partial charge < -0.3 is 4.90 Å². The van der Waals surface area contributed by atoms with Gasteiger partial charge in [0.05, 0.1) is 12.2 Å². The molecule has 94 valence electrons. The molecule has 0 N–H and O–H groups in total. The van der Waals surface area contributed by atoms with E-state index in [9.17, 15) is 14.0 Å². The van der Waals surface area contributed by atoms with E-state index in [1.807, 2.05) is 0 Å². The number of ketones is 1. The minimum Gasteiger partial charge on any atom is -0.305 e. The van der Waals surface area contributed by atoms with E-state index >= 15 is 0 Å². The zero-order valence-electron chi connectivity index (χ0n) is 9.99. The summed E-state index contributed by atoms with van der Waals surface area (Å²) in [7, 11) is 0. The number of carbonyl (C=O) groups excluding carboxylic acids is 2. The Balaban J connectivity index is 1.90. The molecule has 1 amide bonds. The molecular formula is C14H14FNO2. The zero-order valence-corrected chi connectivity index (χ0v) is 9.99. The van der Waals surface area contributed by atoms with E-state index in [1.165, 1.54) is 17.0 Å². The summed E-state index contributed by atoms with van der Waals surface area (Å²) in [6, 6.07) is 4.45. The number of halogens is 1. The van der Waals surface area contributed by atoms with E-state index < -0.39 is 0 Å². The van der Waals surface area contributed by atoms with Crippen LogP contribution in [0.2, 0.25) is 0 Å². The van der Waals surface area contributed by atoms with Crippen LogP contribution in [0.3, 0.4) is 0 Å². The maximum Gasteiger partial charge on any atom is 0.227 e. The number of nitrogens with zero attached hydrogens (tertiary/aromatic N) is 1. The van der Waals surface area contributed by atoms with E-state index in [0.29, 0.717) is 18.5 Å². The molecule has 1 saturated carbocycles. The van der Waals surface area contributed by atoms with Crippen molar-refractivity contribution in [3.8, 4) is 0 Å². The fourth-order valence-corrected chi connectivity index (χ4v) is 2.37. The molecule has 3 nitrogen and oxygen atoms in total. The fourth-order valence-electron chi connectivity index (χ4n) is 2.37. The van der Waals surface area contributed by atoms with E-state index in [4.69, 9.17) is 0 Å². The van der Waals surface area contributed by atoms with Crippen LogP contribution in [0.25, 0.3) is 0 Å². The number of carbonyl (C=O) groups is 2. The predicted molar refractivity (Wildman–Crippen MR) is 64.8 cm³/mol. The van der Waals surface area contributed by atoms with Crippen molar-refractivity contribution in [2.45, 2.75) is 25.7 Å². The Morgan fingerprint density at radius 3 is 2.83 bits per heavy atom. The van der Waals surface area contributed by atoms with Crippen LogP contribution in [-0.4, -0.2) is 18.2 Å². The number of benzene rings is 1. The Morgan fingerprint density at radius 2 is 2.11 bits per heavy atom. The molecule has 0 radical (unpaired) electrons. The van der Waals surface area contributed by atoms with Gasteiger partial charge in [-0.25, -0.2) is 4.39 Å². The summed E-state index contributed by atoms with van der Waals surface area (Å²) in [5.41, 5.74) is 1.51. The number of rotatable bonds is 3. The van der Waals surface area contributed by atoms with Crippen molar-refractivity contribution in [2.24, 2.45) is 5.92 Å². The Morgan fingerprint density at radius 1 is 1.33 bits per heavy atom. The average Bonchev–Trinajstić information content (AvgIpc) is 3.17. The van der Waals surface area contributed by atoms with Gasteiger partial charge in [0, 0.05) is 12.3 Å². The number of amides is 1. The lowest BCUT2D eigenvalue weighted by Gasteiger charge is -2.28. The summed E-state index contributed by atoms with van der Waals surface area (Å²) < 4.78 is 13.3. The number of Topliss-reactive ketones (excluding diaryl/α,β-unsaturated/α-hetero) is 1. The molecule has 0 unspecified atom stereocenters. The first-order chi connectivity index (χ1) is 8.65. The molecule has 3 rings (SSSR count).